The van der Waals surface area contributed by atoms with E-state index in [1.165, 1.54) is 7.11 Å². The number of methoxy groups -OCH3 is 1. The molecule has 0 aliphatic rings. The number of benzene rings is 1. The van der Waals surface area contributed by atoms with Crippen LogP contribution < -0.4 is 4.74 Å². The van der Waals surface area contributed by atoms with Gasteiger partial charge in [-0.15, -0.1) is 0 Å². The molecule has 0 amide bonds. The highest BCUT2D eigenvalue weighted by atomic mass is 35.5. The second-order valence-electron chi connectivity index (χ2n) is 2.26. The number of ether oxygens (including phenoxy) is 1. The summed E-state index contributed by atoms with van der Waals surface area (Å²) in [6.45, 7) is 0. The van der Waals surface area contributed by atoms with Crippen LogP contribution in [0.3, 0.4) is 0 Å². The third-order valence-electron chi connectivity index (χ3n) is 1.51. The first-order valence-electron chi connectivity index (χ1n) is 3.32. The Labute approximate surface area is 78.7 Å². The molecule has 1 N–H and O–H groups in total. The highest BCUT2D eigenvalue weighted by molar-refractivity contribution is 6.34. The Morgan fingerprint density at radius 1 is 1.69 bits per heavy atom. The largest absolute Gasteiger partial charge is 0.506 e. The van der Waals surface area contributed by atoms with Gasteiger partial charge in [0.15, 0.2) is 12.0 Å². The molecule has 1 rings (SSSR count). The Morgan fingerprint density at radius 2 is 2.31 bits per heavy atom. The van der Waals surface area contributed by atoms with Crippen molar-refractivity contribution < 1.29 is 19.0 Å². The number of carbonyl (C=O) groups excluding carboxylic acids is 1. The second-order valence-corrected chi connectivity index (χ2v) is 2.63. The van der Waals surface area contributed by atoms with E-state index in [-0.39, 0.29) is 22.6 Å². The highest BCUT2D eigenvalue weighted by Crippen LogP contribution is 2.36. The van der Waals surface area contributed by atoms with E-state index in [2.05, 4.69) is 4.74 Å². The van der Waals surface area contributed by atoms with E-state index in [4.69, 9.17) is 16.7 Å². The lowest BCUT2D eigenvalue weighted by atomic mass is 10.2. The molecule has 0 unspecified atom stereocenters. The summed E-state index contributed by atoms with van der Waals surface area (Å²) in [6, 6.07) is 0.759. The van der Waals surface area contributed by atoms with Crippen LogP contribution in [0.5, 0.6) is 11.5 Å². The van der Waals surface area contributed by atoms with Crippen molar-refractivity contribution >= 4 is 17.9 Å². The summed E-state index contributed by atoms with van der Waals surface area (Å²) in [4.78, 5) is 10.4. The monoisotopic (exact) mass is 204 g/mol. The molecule has 0 spiro atoms. The fourth-order valence-corrected chi connectivity index (χ4v) is 1.15. The van der Waals surface area contributed by atoms with Crippen molar-refractivity contribution in [1.29, 1.82) is 0 Å². The number of carbonyl (C=O) groups is 1. The van der Waals surface area contributed by atoms with E-state index in [0.29, 0.717) is 0 Å². The first-order valence-corrected chi connectivity index (χ1v) is 3.69. The fraction of sp³-hybridized carbons (Fsp3) is 0.125. The summed E-state index contributed by atoms with van der Waals surface area (Å²) in [7, 11) is 1.23. The molecule has 0 saturated heterocycles. The number of phenolic OH excluding ortho intramolecular Hbond substituents is 1. The molecule has 13 heavy (non-hydrogen) atoms. The number of halogens is 2. The molecule has 0 radical (unpaired) electrons. The molecular formula is C8H6ClFO3. The van der Waals surface area contributed by atoms with Crippen LogP contribution in [0.4, 0.5) is 4.39 Å². The summed E-state index contributed by atoms with van der Waals surface area (Å²) in [5.74, 6) is -1.48. The maximum absolute atomic E-state index is 12.9. The Morgan fingerprint density at radius 3 is 2.77 bits per heavy atom. The zero-order valence-corrected chi connectivity index (χ0v) is 7.43. The molecule has 3 nitrogen and oxygen atoms in total. The van der Waals surface area contributed by atoms with Gasteiger partial charge >= 0.3 is 0 Å². The standard InChI is InChI=1S/C8H6ClFO3/c1-13-8-4(3-11)5(10)2-6(12)7(8)9/h2-3,12H,1H3. The lowest BCUT2D eigenvalue weighted by Crippen LogP contribution is -1.95. The second kappa shape index (κ2) is 3.62. The summed E-state index contributed by atoms with van der Waals surface area (Å²) >= 11 is 5.55. The van der Waals surface area contributed by atoms with Crippen LogP contribution in [0, 0.1) is 5.82 Å². The summed E-state index contributed by atoms with van der Waals surface area (Å²) in [5.41, 5.74) is -0.301. The van der Waals surface area contributed by atoms with Crippen LogP contribution >= 0.6 is 11.6 Å². The molecule has 0 heterocycles. The Hall–Kier alpha value is -1.29. The minimum atomic E-state index is -0.867. The highest BCUT2D eigenvalue weighted by Gasteiger charge is 2.16. The van der Waals surface area contributed by atoms with Crippen molar-refractivity contribution in [3.63, 3.8) is 0 Å². The van der Waals surface area contributed by atoms with E-state index in [1.807, 2.05) is 0 Å². The lowest BCUT2D eigenvalue weighted by Gasteiger charge is -2.07. The number of hydrogen-bond acceptors (Lipinski definition) is 3. The van der Waals surface area contributed by atoms with Crippen molar-refractivity contribution in [2.75, 3.05) is 7.11 Å². The van der Waals surface area contributed by atoms with E-state index in [1.54, 1.807) is 0 Å². The molecule has 0 aliphatic heterocycles. The van der Waals surface area contributed by atoms with E-state index < -0.39 is 11.6 Å². The van der Waals surface area contributed by atoms with Gasteiger partial charge in [0.25, 0.3) is 0 Å². The average molecular weight is 205 g/mol. The van der Waals surface area contributed by atoms with Crippen molar-refractivity contribution in [3.05, 3.63) is 22.5 Å². The first-order chi connectivity index (χ1) is 6.11. The summed E-state index contributed by atoms with van der Waals surface area (Å²) < 4.78 is 17.6. The third-order valence-corrected chi connectivity index (χ3v) is 1.88. The Bertz CT molecular complexity index is 352. The lowest BCUT2D eigenvalue weighted by molar-refractivity contribution is 0.111. The van der Waals surface area contributed by atoms with Crippen molar-refractivity contribution in [1.82, 2.24) is 0 Å². The predicted octanol–water partition coefficient (Wildman–Crippen LogP) is 2.01. The molecule has 1 aromatic carbocycles. The van der Waals surface area contributed by atoms with Crippen LogP contribution in [-0.4, -0.2) is 18.5 Å². The minimum absolute atomic E-state index is 0.158. The van der Waals surface area contributed by atoms with Gasteiger partial charge in [0.05, 0.1) is 12.7 Å². The first kappa shape index (κ1) is 9.80. The van der Waals surface area contributed by atoms with Gasteiger partial charge in [0.1, 0.15) is 16.6 Å². The quantitative estimate of drug-likeness (QED) is 0.750. The van der Waals surface area contributed by atoms with Gasteiger partial charge in [0.2, 0.25) is 0 Å². The smallest absolute Gasteiger partial charge is 0.156 e. The number of phenols is 1. The maximum atomic E-state index is 12.9. The van der Waals surface area contributed by atoms with Gasteiger partial charge in [0, 0.05) is 6.07 Å². The SMILES string of the molecule is COc1c(Cl)c(O)cc(F)c1C=O. The van der Waals surface area contributed by atoms with Crippen molar-refractivity contribution in [2.24, 2.45) is 0 Å². The van der Waals surface area contributed by atoms with Crippen LogP contribution in [0.1, 0.15) is 10.4 Å². The van der Waals surface area contributed by atoms with Gasteiger partial charge in [-0.2, -0.15) is 0 Å². The predicted molar refractivity (Wildman–Crippen MR) is 45.0 cm³/mol. The Balaban J connectivity index is 3.50. The van der Waals surface area contributed by atoms with E-state index >= 15 is 0 Å². The number of hydrogen-bond donors (Lipinski definition) is 1. The van der Waals surface area contributed by atoms with Crippen LogP contribution in [0.25, 0.3) is 0 Å². The van der Waals surface area contributed by atoms with Gasteiger partial charge in [-0.3, -0.25) is 4.79 Å². The van der Waals surface area contributed by atoms with Crippen LogP contribution in [0.2, 0.25) is 5.02 Å². The van der Waals surface area contributed by atoms with E-state index in [0.717, 1.165) is 6.07 Å². The van der Waals surface area contributed by atoms with Gasteiger partial charge in [-0.1, -0.05) is 11.6 Å². The molecule has 0 aliphatic carbocycles. The number of aromatic hydroxyl groups is 1. The molecule has 0 fully saturated rings. The third kappa shape index (κ3) is 1.58. The molecule has 0 aromatic heterocycles. The summed E-state index contributed by atoms with van der Waals surface area (Å²) in [5, 5.41) is 8.89. The Kier molecular flexibility index (Phi) is 2.72. The normalized spacial score (nSPS) is 9.77. The molecule has 0 atom stereocenters. The number of aldehydes is 1. The van der Waals surface area contributed by atoms with Crippen LogP contribution in [0.15, 0.2) is 6.07 Å². The maximum Gasteiger partial charge on any atom is 0.156 e. The molecule has 70 valence electrons. The van der Waals surface area contributed by atoms with E-state index in [9.17, 15) is 9.18 Å². The fourth-order valence-electron chi connectivity index (χ4n) is 0.914. The average Bonchev–Trinajstić information content (AvgIpc) is 2.10. The van der Waals surface area contributed by atoms with Gasteiger partial charge < -0.3 is 9.84 Å². The van der Waals surface area contributed by atoms with Crippen LogP contribution in [-0.2, 0) is 0 Å². The molecule has 1 aromatic rings. The van der Waals surface area contributed by atoms with Gasteiger partial charge in [-0.25, -0.2) is 4.39 Å². The van der Waals surface area contributed by atoms with Gasteiger partial charge in [-0.05, 0) is 0 Å². The minimum Gasteiger partial charge on any atom is -0.506 e. The molecule has 0 bridgehead atoms. The number of rotatable bonds is 2. The summed E-state index contributed by atoms with van der Waals surface area (Å²) in [6.07, 6.45) is 0.277. The van der Waals surface area contributed by atoms with Crippen molar-refractivity contribution in [3.8, 4) is 11.5 Å². The topological polar surface area (TPSA) is 46.5 Å². The zero-order chi connectivity index (χ0) is 10.0. The molecular weight excluding hydrogens is 199 g/mol. The molecule has 0 saturated carbocycles. The molecule has 5 heteroatoms. The van der Waals surface area contributed by atoms with Crippen molar-refractivity contribution in [2.45, 2.75) is 0 Å². The zero-order valence-electron chi connectivity index (χ0n) is 6.67.